The normalized spacial score (nSPS) is 12.4. The molecule has 10 heteroatoms. The fourth-order valence-electron chi connectivity index (χ4n) is 2.44. The Balaban J connectivity index is 1.84. The van der Waals surface area contributed by atoms with E-state index in [0.29, 0.717) is 24.0 Å². The van der Waals surface area contributed by atoms with Gasteiger partial charge in [0.2, 0.25) is 5.95 Å². The van der Waals surface area contributed by atoms with Gasteiger partial charge in [0.05, 0.1) is 18.1 Å². The SMILES string of the molecule is CC(C)(C)[C@H](N)CNc1ncc(C(N)=O)c(Nc2cccc(-n3nccn3)c2)n1. The summed E-state index contributed by atoms with van der Waals surface area (Å²) in [7, 11) is 0. The Bertz CT molecular complexity index is 980. The molecule has 0 aliphatic carbocycles. The van der Waals surface area contributed by atoms with E-state index in [1.54, 1.807) is 12.4 Å². The smallest absolute Gasteiger partial charge is 0.254 e. The van der Waals surface area contributed by atoms with Crippen LogP contribution >= 0.6 is 0 Å². The third kappa shape index (κ3) is 5.05. The first kappa shape index (κ1) is 20.2. The molecule has 0 radical (unpaired) electrons. The van der Waals surface area contributed by atoms with Crippen LogP contribution in [0.1, 0.15) is 31.1 Å². The predicted molar refractivity (Wildman–Crippen MR) is 111 cm³/mol. The summed E-state index contributed by atoms with van der Waals surface area (Å²) in [4.78, 5) is 21.9. The van der Waals surface area contributed by atoms with Crippen LogP contribution in [0.25, 0.3) is 5.69 Å². The molecule has 0 aliphatic rings. The molecular weight excluding hydrogens is 370 g/mol. The molecule has 0 spiro atoms. The first-order chi connectivity index (χ1) is 13.7. The number of primary amides is 1. The van der Waals surface area contributed by atoms with Crippen LogP contribution in [-0.4, -0.2) is 43.5 Å². The van der Waals surface area contributed by atoms with Gasteiger partial charge in [-0.3, -0.25) is 4.79 Å². The second-order valence-corrected chi connectivity index (χ2v) is 7.67. The van der Waals surface area contributed by atoms with E-state index in [0.717, 1.165) is 5.69 Å². The molecule has 0 bridgehead atoms. The zero-order valence-corrected chi connectivity index (χ0v) is 16.6. The van der Waals surface area contributed by atoms with Crippen LogP contribution in [0.15, 0.2) is 42.9 Å². The fraction of sp³-hybridized carbons (Fsp3) is 0.316. The quantitative estimate of drug-likeness (QED) is 0.472. The zero-order chi connectivity index (χ0) is 21.0. The van der Waals surface area contributed by atoms with E-state index in [9.17, 15) is 4.79 Å². The van der Waals surface area contributed by atoms with Crippen LogP contribution in [-0.2, 0) is 0 Å². The Kier molecular flexibility index (Phi) is 5.74. The first-order valence-corrected chi connectivity index (χ1v) is 9.14. The minimum atomic E-state index is -0.629. The molecule has 3 rings (SSSR count). The summed E-state index contributed by atoms with van der Waals surface area (Å²) in [6, 6.07) is 7.27. The van der Waals surface area contributed by atoms with Crippen LogP contribution < -0.4 is 22.1 Å². The standard InChI is InChI=1S/C19H25N9O/c1-19(2,3)15(20)11-23-18-22-10-14(16(21)29)17(27-18)26-12-5-4-6-13(9-12)28-24-7-8-25-28/h4-10,15H,11,20H2,1-3H3,(H2,21,29)(H2,22,23,26,27)/t15-/m1/s1. The first-order valence-electron chi connectivity index (χ1n) is 9.14. The summed E-state index contributed by atoms with van der Waals surface area (Å²) < 4.78 is 0. The minimum Gasteiger partial charge on any atom is -0.365 e. The number of aromatic nitrogens is 5. The average molecular weight is 395 g/mol. The minimum absolute atomic E-state index is 0.0672. The molecule has 2 aromatic heterocycles. The lowest BCUT2D eigenvalue weighted by Crippen LogP contribution is -2.41. The number of anilines is 3. The molecule has 3 aromatic rings. The van der Waals surface area contributed by atoms with Gasteiger partial charge < -0.3 is 22.1 Å². The van der Waals surface area contributed by atoms with E-state index in [2.05, 4.69) is 51.6 Å². The van der Waals surface area contributed by atoms with E-state index >= 15 is 0 Å². The lowest BCUT2D eigenvalue weighted by Gasteiger charge is -2.27. The molecule has 6 N–H and O–H groups in total. The number of amides is 1. The number of hydrogen-bond donors (Lipinski definition) is 4. The van der Waals surface area contributed by atoms with E-state index < -0.39 is 5.91 Å². The van der Waals surface area contributed by atoms with Gasteiger partial charge in [-0.05, 0) is 23.6 Å². The van der Waals surface area contributed by atoms with Crippen molar-refractivity contribution in [3.63, 3.8) is 0 Å². The molecule has 0 fully saturated rings. The highest BCUT2D eigenvalue weighted by Crippen LogP contribution is 2.22. The van der Waals surface area contributed by atoms with Crippen LogP contribution in [0, 0.1) is 5.41 Å². The third-order valence-electron chi connectivity index (χ3n) is 4.41. The van der Waals surface area contributed by atoms with Crippen molar-refractivity contribution >= 4 is 23.4 Å². The van der Waals surface area contributed by atoms with Crippen LogP contribution in [0.4, 0.5) is 17.5 Å². The van der Waals surface area contributed by atoms with Crippen molar-refractivity contribution in [1.82, 2.24) is 25.0 Å². The highest BCUT2D eigenvalue weighted by molar-refractivity contribution is 5.98. The second kappa shape index (κ2) is 8.23. The van der Waals surface area contributed by atoms with Crippen LogP contribution in [0.2, 0.25) is 0 Å². The summed E-state index contributed by atoms with van der Waals surface area (Å²) in [5.41, 5.74) is 13.2. The molecule has 29 heavy (non-hydrogen) atoms. The molecule has 152 valence electrons. The van der Waals surface area contributed by atoms with Crippen molar-refractivity contribution in [2.75, 3.05) is 17.2 Å². The summed E-state index contributed by atoms with van der Waals surface area (Å²) in [6.45, 7) is 6.67. The maximum absolute atomic E-state index is 11.8. The molecule has 10 nitrogen and oxygen atoms in total. The molecule has 1 atom stereocenters. The summed E-state index contributed by atoms with van der Waals surface area (Å²) in [5.74, 6) is 0.0161. The van der Waals surface area contributed by atoms with E-state index in [4.69, 9.17) is 11.5 Å². The second-order valence-electron chi connectivity index (χ2n) is 7.67. The van der Waals surface area contributed by atoms with Crippen molar-refractivity contribution in [2.45, 2.75) is 26.8 Å². The maximum Gasteiger partial charge on any atom is 0.254 e. The number of benzene rings is 1. The monoisotopic (exact) mass is 395 g/mol. The van der Waals surface area contributed by atoms with Crippen molar-refractivity contribution in [1.29, 1.82) is 0 Å². The third-order valence-corrected chi connectivity index (χ3v) is 4.41. The largest absolute Gasteiger partial charge is 0.365 e. The summed E-state index contributed by atoms with van der Waals surface area (Å²) in [6.07, 6.45) is 4.58. The van der Waals surface area contributed by atoms with Gasteiger partial charge in [0.1, 0.15) is 11.4 Å². The molecular formula is C19H25N9O. The number of nitrogens with one attached hydrogen (secondary N) is 2. The van der Waals surface area contributed by atoms with Gasteiger partial charge >= 0.3 is 0 Å². The molecule has 0 saturated carbocycles. The van der Waals surface area contributed by atoms with Crippen LogP contribution in [0.5, 0.6) is 0 Å². The van der Waals surface area contributed by atoms with E-state index in [-0.39, 0.29) is 17.0 Å². The highest BCUT2D eigenvalue weighted by Gasteiger charge is 2.21. The van der Waals surface area contributed by atoms with Gasteiger partial charge in [-0.25, -0.2) is 4.98 Å². The summed E-state index contributed by atoms with van der Waals surface area (Å²) >= 11 is 0. The molecule has 0 unspecified atom stereocenters. The highest BCUT2D eigenvalue weighted by atomic mass is 16.1. The molecule has 1 aromatic carbocycles. The van der Waals surface area contributed by atoms with Crippen LogP contribution in [0.3, 0.4) is 0 Å². The lowest BCUT2D eigenvalue weighted by molar-refractivity contribution is 0.100. The number of nitrogens with zero attached hydrogens (tertiary/aromatic N) is 5. The Hall–Kier alpha value is -3.53. The number of carbonyl (C=O) groups excluding carboxylic acids is 1. The maximum atomic E-state index is 11.8. The Labute approximate surface area is 168 Å². The van der Waals surface area contributed by atoms with Gasteiger partial charge in [0.25, 0.3) is 5.91 Å². The Morgan fingerprint density at radius 2 is 1.97 bits per heavy atom. The predicted octanol–water partition coefficient (Wildman–Crippen LogP) is 1.69. The number of rotatable bonds is 7. The topological polar surface area (TPSA) is 150 Å². The number of nitrogens with two attached hydrogens (primary N) is 2. The van der Waals surface area contributed by atoms with Gasteiger partial charge in [-0.1, -0.05) is 26.8 Å². The molecule has 2 heterocycles. The Morgan fingerprint density at radius 1 is 1.24 bits per heavy atom. The lowest BCUT2D eigenvalue weighted by atomic mass is 9.87. The molecule has 0 aliphatic heterocycles. The van der Waals surface area contributed by atoms with Crippen molar-refractivity contribution in [3.05, 3.63) is 48.4 Å². The van der Waals surface area contributed by atoms with Crippen molar-refractivity contribution in [3.8, 4) is 5.69 Å². The van der Waals surface area contributed by atoms with Gasteiger partial charge in [0.15, 0.2) is 0 Å². The van der Waals surface area contributed by atoms with Gasteiger partial charge in [0, 0.05) is 24.5 Å². The molecule has 0 saturated heterocycles. The van der Waals surface area contributed by atoms with Gasteiger partial charge in [-0.2, -0.15) is 20.0 Å². The van der Waals surface area contributed by atoms with E-state index in [1.165, 1.54) is 11.0 Å². The van der Waals surface area contributed by atoms with Crippen molar-refractivity contribution in [2.24, 2.45) is 16.9 Å². The number of hydrogen-bond acceptors (Lipinski definition) is 8. The fourth-order valence-corrected chi connectivity index (χ4v) is 2.44. The Morgan fingerprint density at radius 3 is 2.62 bits per heavy atom. The van der Waals surface area contributed by atoms with Gasteiger partial charge in [-0.15, -0.1) is 0 Å². The average Bonchev–Trinajstić information content (AvgIpc) is 3.20. The van der Waals surface area contributed by atoms with E-state index in [1.807, 2.05) is 24.3 Å². The molecule has 1 amide bonds. The number of carbonyl (C=O) groups is 1. The zero-order valence-electron chi connectivity index (χ0n) is 16.6. The summed E-state index contributed by atoms with van der Waals surface area (Å²) in [5, 5.41) is 14.5. The van der Waals surface area contributed by atoms with Crippen molar-refractivity contribution < 1.29 is 4.79 Å².